The van der Waals surface area contributed by atoms with Crippen LogP contribution in [0.2, 0.25) is 0 Å². The van der Waals surface area contributed by atoms with Crippen LogP contribution in [0.5, 0.6) is 0 Å². The second-order valence-electron chi connectivity index (χ2n) is 4.71. The van der Waals surface area contributed by atoms with Crippen molar-refractivity contribution in [3.8, 4) is 0 Å². The molecule has 1 heterocycles. The summed E-state index contributed by atoms with van der Waals surface area (Å²) in [5.41, 5.74) is 0. The van der Waals surface area contributed by atoms with Crippen molar-refractivity contribution in [1.29, 1.82) is 0 Å². The second-order valence-corrected chi connectivity index (χ2v) is 4.71. The average Bonchev–Trinajstić information content (AvgIpc) is 2.87. The minimum Gasteiger partial charge on any atom is -0.378 e. The largest absolute Gasteiger partial charge is 0.378 e. The van der Waals surface area contributed by atoms with Gasteiger partial charge in [-0.05, 0) is 45.1 Å². The molecule has 0 radical (unpaired) electrons. The van der Waals surface area contributed by atoms with Gasteiger partial charge in [0, 0.05) is 12.6 Å². The fraction of sp³-hybridized carbons (Fsp3) is 1.00. The zero-order valence-electron chi connectivity index (χ0n) is 9.13. The number of unbranched alkanes of at least 4 members (excludes halogenated alkanes) is 2. The van der Waals surface area contributed by atoms with Crippen molar-refractivity contribution in [3.63, 3.8) is 0 Å². The maximum atomic E-state index is 5.59. The van der Waals surface area contributed by atoms with Gasteiger partial charge in [0.15, 0.2) is 0 Å². The van der Waals surface area contributed by atoms with Crippen LogP contribution in [0.3, 0.4) is 0 Å². The number of hydrogen-bond acceptors (Lipinski definition) is 2. The number of rotatable bonds is 7. The molecule has 2 nitrogen and oxygen atoms in total. The van der Waals surface area contributed by atoms with E-state index in [0.717, 1.165) is 12.6 Å². The van der Waals surface area contributed by atoms with E-state index in [9.17, 15) is 0 Å². The van der Waals surface area contributed by atoms with Crippen molar-refractivity contribution in [2.24, 2.45) is 0 Å². The molecule has 1 aliphatic heterocycles. The Morgan fingerprint density at radius 2 is 2.00 bits per heavy atom. The minimum atomic E-state index is 0.603. The van der Waals surface area contributed by atoms with Gasteiger partial charge in [-0.15, -0.1) is 0 Å². The van der Waals surface area contributed by atoms with E-state index >= 15 is 0 Å². The van der Waals surface area contributed by atoms with Gasteiger partial charge in [-0.1, -0.05) is 12.8 Å². The molecule has 0 bridgehead atoms. The van der Waals surface area contributed by atoms with Gasteiger partial charge in [-0.3, -0.25) is 0 Å². The first-order valence-corrected chi connectivity index (χ1v) is 6.30. The molecule has 1 saturated carbocycles. The van der Waals surface area contributed by atoms with Crippen LogP contribution >= 0.6 is 0 Å². The third-order valence-electron chi connectivity index (χ3n) is 3.24. The molecule has 1 atom stereocenters. The average molecular weight is 197 g/mol. The van der Waals surface area contributed by atoms with Crippen LogP contribution < -0.4 is 5.32 Å². The topological polar surface area (TPSA) is 21.3 Å². The molecule has 0 spiro atoms. The molecule has 0 aromatic carbocycles. The summed E-state index contributed by atoms with van der Waals surface area (Å²) in [7, 11) is 0. The molecule has 0 aromatic rings. The Bertz CT molecular complexity index is 150. The Morgan fingerprint density at radius 3 is 2.71 bits per heavy atom. The third-order valence-corrected chi connectivity index (χ3v) is 3.24. The highest BCUT2D eigenvalue weighted by atomic mass is 16.5. The molecular weight excluding hydrogens is 174 g/mol. The fourth-order valence-corrected chi connectivity index (χ4v) is 2.14. The summed E-state index contributed by atoms with van der Waals surface area (Å²) in [5, 5.41) is 3.55. The maximum Gasteiger partial charge on any atom is 0.0576 e. The predicted octanol–water partition coefficient (Wildman–Crippen LogP) is 2.48. The molecule has 82 valence electrons. The molecule has 1 aliphatic carbocycles. The van der Waals surface area contributed by atoms with Crippen LogP contribution in [0.1, 0.15) is 51.4 Å². The van der Waals surface area contributed by atoms with Crippen LogP contribution in [0.15, 0.2) is 0 Å². The summed E-state index contributed by atoms with van der Waals surface area (Å²) >= 11 is 0. The van der Waals surface area contributed by atoms with Crippen LogP contribution in [-0.4, -0.2) is 25.3 Å². The molecule has 14 heavy (non-hydrogen) atoms. The molecule has 2 rings (SSSR count). The molecule has 2 fully saturated rings. The standard InChI is InChI=1S/C12H23NO/c1(3-9-13-11-7-8-11)2-5-12-6-4-10-14-12/h11-13H,1-10H2. The Morgan fingerprint density at radius 1 is 1.07 bits per heavy atom. The lowest BCUT2D eigenvalue weighted by Gasteiger charge is -2.08. The van der Waals surface area contributed by atoms with Crippen molar-refractivity contribution in [1.82, 2.24) is 5.32 Å². The smallest absolute Gasteiger partial charge is 0.0576 e. The molecule has 2 aliphatic rings. The summed E-state index contributed by atoms with van der Waals surface area (Å²) in [6.07, 6.45) is 11.4. The van der Waals surface area contributed by atoms with Crippen molar-refractivity contribution >= 4 is 0 Å². The second kappa shape index (κ2) is 5.72. The highest BCUT2D eigenvalue weighted by molar-refractivity contribution is 4.80. The predicted molar refractivity (Wildman–Crippen MR) is 58.5 cm³/mol. The normalized spacial score (nSPS) is 27.0. The lowest BCUT2D eigenvalue weighted by Crippen LogP contribution is -2.17. The fourth-order valence-electron chi connectivity index (χ4n) is 2.14. The van der Waals surface area contributed by atoms with Gasteiger partial charge >= 0.3 is 0 Å². The van der Waals surface area contributed by atoms with Crippen LogP contribution in [-0.2, 0) is 4.74 Å². The van der Waals surface area contributed by atoms with Gasteiger partial charge in [0.1, 0.15) is 0 Å². The third kappa shape index (κ3) is 3.97. The Kier molecular flexibility index (Phi) is 4.26. The van der Waals surface area contributed by atoms with Crippen LogP contribution in [0.4, 0.5) is 0 Å². The first-order valence-electron chi connectivity index (χ1n) is 6.30. The van der Waals surface area contributed by atoms with E-state index in [0.29, 0.717) is 6.10 Å². The minimum absolute atomic E-state index is 0.603. The summed E-state index contributed by atoms with van der Waals surface area (Å²) in [6.45, 7) is 2.24. The lowest BCUT2D eigenvalue weighted by atomic mass is 10.1. The quantitative estimate of drug-likeness (QED) is 0.633. The molecule has 1 unspecified atom stereocenters. The number of hydrogen-bond donors (Lipinski definition) is 1. The Balaban J connectivity index is 1.35. The van der Waals surface area contributed by atoms with Crippen molar-refractivity contribution < 1.29 is 4.74 Å². The molecule has 1 saturated heterocycles. The highest BCUT2D eigenvalue weighted by Gasteiger charge is 2.19. The summed E-state index contributed by atoms with van der Waals surface area (Å²) < 4.78 is 5.59. The zero-order chi connectivity index (χ0) is 9.64. The van der Waals surface area contributed by atoms with E-state index in [1.165, 1.54) is 57.9 Å². The van der Waals surface area contributed by atoms with E-state index in [-0.39, 0.29) is 0 Å². The van der Waals surface area contributed by atoms with E-state index in [4.69, 9.17) is 4.74 Å². The van der Waals surface area contributed by atoms with Gasteiger partial charge in [0.2, 0.25) is 0 Å². The van der Waals surface area contributed by atoms with Crippen molar-refractivity contribution in [2.45, 2.75) is 63.5 Å². The van der Waals surface area contributed by atoms with E-state index in [1.807, 2.05) is 0 Å². The number of nitrogens with one attached hydrogen (secondary N) is 1. The van der Waals surface area contributed by atoms with Gasteiger partial charge < -0.3 is 10.1 Å². The summed E-state index contributed by atoms with van der Waals surface area (Å²) in [4.78, 5) is 0. The van der Waals surface area contributed by atoms with Gasteiger partial charge in [0.05, 0.1) is 6.10 Å². The monoisotopic (exact) mass is 197 g/mol. The molecule has 0 amide bonds. The van der Waals surface area contributed by atoms with E-state index < -0.39 is 0 Å². The summed E-state index contributed by atoms with van der Waals surface area (Å²) in [6, 6.07) is 0.883. The van der Waals surface area contributed by atoms with Crippen LogP contribution in [0, 0.1) is 0 Å². The lowest BCUT2D eigenvalue weighted by molar-refractivity contribution is 0.102. The van der Waals surface area contributed by atoms with E-state index in [1.54, 1.807) is 0 Å². The Labute approximate surface area is 87.4 Å². The molecule has 0 aromatic heterocycles. The zero-order valence-corrected chi connectivity index (χ0v) is 9.13. The van der Waals surface area contributed by atoms with E-state index in [2.05, 4.69) is 5.32 Å². The Hall–Kier alpha value is -0.0800. The first-order chi connectivity index (χ1) is 6.95. The molecule has 2 heteroatoms. The van der Waals surface area contributed by atoms with Crippen molar-refractivity contribution in [3.05, 3.63) is 0 Å². The highest BCUT2D eigenvalue weighted by Crippen LogP contribution is 2.19. The summed E-state index contributed by atoms with van der Waals surface area (Å²) in [5.74, 6) is 0. The first kappa shape index (κ1) is 10.4. The maximum absolute atomic E-state index is 5.59. The van der Waals surface area contributed by atoms with Gasteiger partial charge in [-0.2, -0.15) is 0 Å². The molecular formula is C12H23NO. The number of ether oxygens (including phenoxy) is 1. The van der Waals surface area contributed by atoms with Crippen LogP contribution in [0.25, 0.3) is 0 Å². The van der Waals surface area contributed by atoms with Gasteiger partial charge in [0.25, 0.3) is 0 Å². The SMILES string of the molecule is C(CCNC1CC1)CCC1CCCO1. The molecule has 1 N–H and O–H groups in total. The van der Waals surface area contributed by atoms with Gasteiger partial charge in [-0.25, -0.2) is 0 Å². The van der Waals surface area contributed by atoms with Crippen molar-refractivity contribution in [2.75, 3.05) is 13.2 Å².